The summed E-state index contributed by atoms with van der Waals surface area (Å²) in [4.78, 5) is 14.4. The van der Waals surface area contributed by atoms with Gasteiger partial charge in [-0.1, -0.05) is 0 Å². The lowest BCUT2D eigenvalue weighted by atomic mass is 10.2. The largest absolute Gasteiger partial charge is 0.399 e. The van der Waals surface area contributed by atoms with Gasteiger partial charge in [0.2, 0.25) is 0 Å². The molecule has 1 rings (SSSR count). The molecule has 0 aromatic heterocycles. The summed E-state index contributed by atoms with van der Waals surface area (Å²) >= 11 is 0. The van der Waals surface area contributed by atoms with Crippen molar-refractivity contribution in [2.75, 3.05) is 5.73 Å². The van der Waals surface area contributed by atoms with E-state index in [1.54, 1.807) is 24.3 Å². The molecule has 0 spiro atoms. The quantitative estimate of drug-likeness (QED) is 0.496. The van der Waals surface area contributed by atoms with Gasteiger partial charge in [0.25, 0.3) is 5.91 Å². The van der Waals surface area contributed by atoms with E-state index in [1.807, 2.05) is 0 Å². The van der Waals surface area contributed by atoms with Gasteiger partial charge in [0.15, 0.2) is 0 Å². The number of aliphatic imine (C=N–C) groups is 1. The van der Waals surface area contributed by atoms with Crippen LogP contribution in [0.2, 0.25) is 0 Å². The molecule has 60 valence electrons. The van der Waals surface area contributed by atoms with E-state index in [2.05, 4.69) is 17.4 Å². The second-order valence-corrected chi connectivity index (χ2v) is 2.20. The standard InChI is InChI=1S/C9H8N2O/c1-2-11-9(12)7-3-5-8(10)6-4-7/h3-6H,1,10H2. The van der Waals surface area contributed by atoms with Crippen LogP contribution >= 0.6 is 0 Å². The van der Waals surface area contributed by atoms with Crippen LogP contribution < -0.4 is 5.73 Å². The molecule has 2 N–H and O–H groups in total. The third kappa shape index (κ3) is 1.81. The first kappa shape index (κ1) is 8.24. The SMILES string of the molecule is C=C=NC(=O)c1ccc(N)cc1. The summed E-state index contributed by atoms with van der Waals surface area (Å²) in [6.45, 7) is 3.21. The summed E-state index contributed by atoms with van der Waals surface area (Å²) in [7, 11) is 0. The maximum Gasteiger partial charge on any atom is 0.285 e. The zero-order valence-corrected chi connectivity index (χ0v) is 6.45. The minimum atomic E-state index is -0.356. The Kier molecular flexibility index (Phi) is 2.41. The van der Waals surface area contributed by atoms with E-state index in [9.17, 15) is 4.79 Å². The van der Waals surface area contributed by atoms with Gasteiger partial charge in [-0.3, -0.25) is 4.79 Å². The van der Waals surface area contributed by atoms with Crippen molar-refractivity contribution in [1.29, 1.82) is 0 Å². The highest BCUT2D eigenvalue weighted by molar-refractivity contribution is 5.98. The van der Waals surface area contributed by atoms with Crippen LogP contribution in [-0.4, -0.2) is 11.8 Å². The number of nitrogens with zero attached hydrogens (tertiary/aromatic N) is 1. The van der Waals surface area contributed by atoms with E-state index in [0.717, 1.165) is 0 Å². The van der Waals surface area contributed by atoms with Gasteiger partial charge in [-0.25, -0.2) is 0 Å². The molecule has 1 amide bonds. The Morgan fingerprint density at radius 1 is 1.42 bits per heavy atom. The summed E-state index contributed by atoms with van der Waals surface area (Å²) in [6.07, 6.45) is 0. The Bertz CT molecular complexity index is 334. The first-order chi connectivity index (χ1) is 5.74. The molecule has 0 fully saturated rings. The molecule has 0 saturated carbocycles. The molecule has 1 aromatic carbocycles. The van der Waals surface area contributed by atoms with Gasteiger partial charge >= 0.3 is 0 Å². The first-order valence-electron chi connectivity index (χ1n) is 3.36. The zero-order chi connectivity index (χ0) is 8.97. The van der Waals surface area contributed by atoms with Crippen LogP contribution in [0.5, 0.6) is 0 Å². The number of nitrogens with two attached hydrogens (primary N) is 1. The van der Waals surface area contributed by atoms with Gasteiger partial charge in [-0.05, 0) is 36.7 Å². The van der Waals surface area contributed by atoms with Crippen LogP contribution in [0.25, 0.3) is 0 Å². The maximum absolute atomic E-state index is 11.0. The third-order valence-corrected chi connectivity index (χ3v) is 1.34. The number of rotatable bonds is 1. The van der Waals surface area contributed by atoms with E-state index in [1.165, 1.54) is 0 Å². The van der Waals surface area contributed by atoms with E-state index >= 15 is 0 Å². The fourth-order valence-electron chi connectivity index (χ4n) is 0.762. The molecule has 1 aromatic rings. The molecule has 0 saturated heterocycles. The summed E-state index contributed by atoms with van der Waals surface area (Å²) in [5.74, 6) is 1.82. The molecule has 0 atom stereocenters. The highest BCUT2D eigenvalue weighted by Gasteiger charge is 2.00. The zero-order valence-electron chi connectivity index (χ0n) is 6.45. The minimum absolute atomic E-state index is 0.356. The van der Waals surface area contributed by atoms with Crippen LogP contribution in [0, 0.1) is 0 Å². The maximum atomic E-state index is 11.0. The topological polar surface area (TPSA) is 55.5 Å². The average Bonchev–Trinajstić information content (AvgIpc) is 2.06. The van der Waals surface area contributed by atoms with Gasteiger partial charge in [0, 0.05) is 11.3 Å². The number of hydrogen-bond acceptors (Lipinski definition) is 2. The van der Waals surface area contributed by atoms with Crippen LogP contribution in [0.1, 0.15) is 10.4 Å². The molecule has 0 unspecified atom stereocenters. The van der Waals surface area contributed by atoms with Crippen LogP contribution in [0.4, 0.5) is 5.69 Å². The van der Waals surface area contributed by atoms with Crippen molar-refractivity contribution in [1.82, 2.24) is 0 Å². The molecular weight excluding hydrogens is 152 g/mol. The van der Waals surface area contributed by atoms with Crippen molar-refractivity contribution in [2.45, 2.75) is 0 Å². The minimum Gasteiger partial charge on any atom is -0.399 e. The second kappa shape index (κ2) is 3.51. The third-order valence-electron chi connectivity index (χ3n) is 1.34. The molecule has 0 heterocycles. The molecule has 0 aliphatic rings. The van der Waals surface area contributed by atoms with Gasteiger partial charge in [-0.15, -0.1) is 0 Å². The van der Waals surface area contributed by atoms with Crippen molar-refractivity contribution in [3.8, 4) is 0 Å². The van der Waals surface area contributed by atoms with E-state index in [0.29, 0.717) is 11.3 Å². The molecule has 3 heteroatoms. The van der Waals surface area contributed by atoms with Crippen LogP contribution in [0.3, 0.4) is 0 Å². The number of hydrogen-bond donors (Lipinski definition) is 1. The van der Waals surface area contributed by atoms with Crippen molar-refractivity contribution >= 4 is 17.5 Å². The lowest BCUT2D eigenvalue weighted by molar-refractivity contribution is 0.100. The molecular formula is C9H8N2O. The molecule has 3 nitrogen and oxygen atoms in total. The van der Waals surface area contributed by atoms with E-state index < -0.39 is 0 Å². The fraction of sp³-hybridized carbons (Fsp3) is 0. The summed E-state index contributed by atoms with van der Waals surface area (Å²) in [6, 6.07) is 6.51. The predicted octanol–water partition coefficient (Wildman–Crippen LogP) is 1.26. The number of nitrogen functional groups attached to an aromatic ring is 1. The fourth-order valence-corrected chi connectivity index (χ4v) is 0.762. The number of carbonyl (C=O) groups is 1. The van der Waals surface area contributed by atoms with Gasteiger partial charge < -0.3 is 5.73 Å². The molecule has 0 aliphatic heterocycles. The van der Waals surface area contributed by atoms with Gasteiger partial charge in [0.05, 0.1) is 0 Å². The number of amides is 1. The Morgan fingerprint density at radius 2 is 2.00 bits per heavy atom. The normalized spacial score (nSPS) is 8.67. The molecule has 0 radical (unpaired) electrons. The number of anilines is 1. The Morgan fingerprint density at radius 3 is 2.50 bits per heavy atom. The molecule has 0 bridgehead atoms. The number of benzene rings is 1. The molecule has 12 heavy (non-hydrogen) atoms. The van der Waals surface area contributed by atoms with Crippen molar-refractivity contribution in [2.24, 2.45) is 4.99 Å². The Labute approximate surface area is 70.2 Å². The highest BCUT2D eigenvalue weighted by Crippen LogP contribution is 2.05. The molecule has 0 aliphatic carbocycles. The van der Waals surface area contributed by atoms with Gasteiger partial charge in [-0.2, -0.15) is 4.99 Å². The van der Waals surface area contributed by atoms with Crippen molar-refractivity contribution in [3.63, 3.8) is 0 Å². The monoisotopic (exact) mass is 160 g/mol. The lowest BCUT2D eigenvalue weighted by Crippen LogP contribution is -1.94. The van der Waals surface area contributed by atoms with Gasteiger partial charge in [0.1, 0.15) is 0 Å². The second-order valence-electron chi connectivity index (χ2n) is 2.20. The number of carbonyl (C=O) groups excluding carboxylic acids is 1. The highest BCUT2D eigenvalue weighted by atomic mass is 16.1. The Hall–Kier alpha value is -1.86. The van der Waals surface area contributed by atoms with Crippen molar-refractivity contribution in [3.05, 3.63) is 36.4 Å². The van der Waals surface area contributed by atoms with Crippen molar-refractivity contribution < 1.29 is 4.79 Å². The summed E-state index contributed by atoms with van der Waals surface area (Å²) < 4.78 is 0. The van der Waals surface area contributed by atoms with E-state index in [4.69, 9.17) is 5.73 Å². The smallest absolute Gasteiger partial charge is 0.285 e. The lowest BCUT2D eigenvalue weighted by Gasteiger charge is -1.94. The predicted molar refractivity (Wildman–Crippen MR) is 48.2 cm³/mol. The van der Waals surface area contributed by atoms with Crippen LogP contribution in [0.15, 0.2) is 35.8 Å². The summed E-state index contributed by atoms with van der Waals surface area (Å²) in [5, 5.41) is 0. The first-order valence-corrected chi connectivity index (χ1v) is 3.36. The van der Waals surface area contributed by atoms with Crippen LogP contribution in [-0.2, 0) is 0 Å². The Balaban J connectivity index is 2.97. The average molecular weight is 160 g/mol. The van der Waals surface area contributed by atoms with E-state index in [-0.39, 0.29) is 5.91 Å². The summed E-state index contributed by atoms with van der Waals surface area (Å²) in [5.41, 5.74) is 6.54.